The Balaban J connectivity index is 3.46. The molecule has 0 aromatic carbocycles. The topological polar surface area (TPSA) is 29.1 Å². The van der Waals surface area contributed by atoms with Gasteiger partial charge in [-0.2, -0.15) is 25.3 Å². The lowest BCUT2D eigenvalue weighted by atomic mass is 10.2. The molecule has 9 heavy (non-hydrogen) atoms. The number of hydrogen-bond donors (Lipinski definition) is 3. The summed E-state index contributed by atoms with van der Waals surface area (Å²) in [5.74, 6) is 0.983. The number of carbonyl (C=O) groups excluding carboxylic acids is 1. The number of nitrogens with one attached hydrogen (secondary N) is 1. The first kappa shape index (κ1) is 9.17. The summed E-state index contributed by atoms with van der Waals surface area (Å²) in [5, 5.41) is 2.57. The minimum Gasteiger partial charge on any atom is -0.347 e. The Morgan fingerprint density at radius 1 is 1.67 bits per heavy atom. The van der Waals surface area contributed by atoms with E-state index in [4.69, 9.17) is 0 Å². The minimum atomic E-state index is -0.0134. The van der Waals surface area contributed by atoms with Gasteiger partial charge in [0.1, 0.15) is 0 Å². The summed E-state index contributed by atoms with van der Waals surface area (Å²) in [4.78, 5) is 10.8. The average molecular weight is 165 g/mol. The van der Waals surface area contributed by atoms with Crippen LogP contribution in [0.25, 0.3) is 0 Å². The Hall–Kier alpha value is 0.170. The van der Waals surface area contributed by atoms with Gasteiger partial charge in [0.2, 0.25) is 5.91 Å². The van der Waals surface area contributed by atoms with Crippen LogP contribution in [0.5, 0.6) is 0 Å². The third kappa shape index (κ3) is 3.70. The van der Waals surface area contributed by atoms with E-state index in [1.54, 1.807) is 0 Å². The lowest BCUT2D eigenvalue weighted by Crippen LogP contribution is -2.28. The summed E-state index contributed by atoms with van der Waals surface area (Å²) in [7, 11) is 0. The molecule has 0 aromatic rings. The Labute approximate surface area is 66.2 Å². The molecule has 4 heteroatoms. The predicted molar refractivity (Wildman–Crippen MR) is 45.0 cm³/mol. The van der Waals surface area contributed by atoms with E-state index >= 15 is 0 Å². The normalized spacial score (nSPS) is 12.8. The first-order valence-electron chi connectivity index (χ1n) is 2.71. The van der Waals surface area contributed by atoms with Crippen molar-refractivity contribution in [2.75, 3.05) is 11.6 Å². The Bertz CT molecular complexity index is 97.0. The Morgan fingerprint density at radius 3 is 2.56 bits per heavy atom. The molecule has 0 aliphatic rings. The molecule has 1 amide bonds. The quantitative estimate of drug-likeness (QED) is 0.414. The van der Waals surface area contributed by atoms with Gasteiger partial charge in [0.05, 0.1) is 5.88 Å². The molecule has 0 saturated heterocycles. The highest BCUT2D eigenvalue weighted by molar-refractivity contribution is 7.80. The van der Waals surface area contributed by atoms with Crippen LogP contribution in [-0.4, -0.2) is 17.5 Å². The molecule has 1 N–H and O–H groups in total. The first-order chi connectivity index (χ1) is 4.22. The van der Waals surface area contributed by atoms with Crippen LogP contribution < -0.4 is 5.32 Å². The number of rotatable bonds is 3. The van der Waals surface area contributed by atoms with Crippen molar-refractivity contribution in [3.05, 3.63) is 0 Å². The molecule has 0 saturated carbocycles. The molecule has 0 bridgehead atoms. The van der Waals surface area contributed by atoms with Gasteiger partial charge in [-0.1, -0.05) is 6.92 Å². The highest BCUT2D eigenvalue weighted by Crippen LogP contribution is 1.96. The number of thiol groups is 2. The summed E-state index contributed by atoms with van der Waals surface area (Å²) in [6.45, 7) is 1.83. The van der Waals surface area contributed by atoms with Crippen LogP contribution in [0.3, 0.4) is 0 Å². The second kappa shape index (κ2) is 4.99. The van der Waals surface area contributed by atoms with Crippen LogP contribution in [0.2, 0.25) is 0 Å². The second-order valence-electron chi connectivity index (χ2n) is 1.78. The molecular weight excluding hydrogens is 154 g/mol. The summed E-state index contributed by atoms with van der Waals surface area (Å²) >= 11 is 7.80. The zero-order valence-electron chi connectivity index (χ0n) is 5.29. The van der Waals surface area contributed by atoms with Gasteiger partial charge in [-0.3, -0.25) is 4.79 Å². The number of amides is 1. The lowest BCUT2D eigenvalue weighted by Gasteiger charge is -2.05. The van der Waals surface area contributed by atoms with Crippen molar-refractivity contribution in [1.82, 2.24) is 5.32 Å². The smallest absolute Gasteiger partial charge is 0.224 e. The van der Waals surface area contributed by atoms with Crippen molar-refractivity contribution < 1.29 is 4.79 Å². The molecule has 1 unspecified atom stereocenters. The van der Waals surface area contributed by atoms with Gasteiger partial charge in [-0.15, -0.1) is 0 Å². The van der Waals surface area contributed by atoms with Crippen molar-refractivity contribution in [2.24, 2.45) is 5.92 Å². The van der Waals surface area contributed by atoms with Gasteiger partial charge < -0.3 is 5.32 Å². The molecule has 1 atom stereocenters. The Morgan fingerprint density at radius 2 is 2.22 bits per heavy atom. The van der Waals surface area contributed by atoms with Crippen LogP contribution in [0, 0.1) is 5.92 Å². The molecule has 0 aliphatic heterocycles. The fourth-order valence-corrected chi connectivity index (χ4v) is 0.657. The van der Waals surface area contributed by atoms with E-state index in [0.717, 1.165) is 0 Å². The highest BCUT2D eigenvalue weighted by atomic mass is 32.1. The lowest BCUT2D eigenvalue weighted by molar-refractivity contribution is -0.123. The van der Waals surface area contributed by atoms with Gasteiger partial charge in [0.15, 0.2) is 0 Å². The van der Waals surface area contributed by atoms with Gasteiger partial charge >= 0.3 is 0 Å². The SMILES string of the molecule is CC(CS)C(=O)NCS. The summed E-state index contributed by atoms with van der Waals surface area (Å²) in [6, 6.07) is 0. The monoisotopic (exact) mass is 165 g/mol. The van der Waals surface area contributed by atoms with Gasteiger partial charge in [-0.05, 0) is 0 Å². The Kier molecular flexibility index (Phi) is 5.09. The summed E-state index contributed by atoms with van der Waals surface area (Å²) in [5.41, 5.74) is 0. The molecule has 0 aromatic heterocycles. The van der Waals surface area contributed by atoms with Crippen molar-refractivity contribution in [3.8, 4) is 0 Å². The second-order valence-corrected chi connectivity index (χ2v) is 2.46. The third-order valence-corrected chi connectivity index (χ3v) is 1.68. The van der Waals surface area contributed by atoms with E-state index in [0.29, 0.717) is 11.6 Å². The van der Waals surface area contributed by atoms with E-state index in [9.17, 15) is 4.79 Å². The van der Waals surface area contributed by atoms with Crippen molar-refractivity contribution in [3.63, 3.8) is 0 Å². The molecule has 54 valence electrons. The van der Waals surface area contributed by atoms with E-state index in [1.165, 1.54) is 0 Å². The predicted octanol–water partition coefficient (Wildman–Crippen LogP) is 0.556. The van der Waals surface area contributed by atoms with Crippen LogP contribution >= 0.6 is 25.3 Å². The van der Waals surface area contributed by atoms with Crippen LogP contribution in [0.4, 0.5) is 0 Å². The molecule has 0 fully saturated rings. The van der Waals surface area contributed by atoms with E-state index in [2.05, 4.69) is 30.6 Å². The maximum atomic E-state index is 10.8. The molecule has 0 rings (SSSR count). The number of carbonyl (C=O) groups is 1. The molecule has 2 nitrogen and oxygen atoms in total. The zero-order chi connectivity index (χ0) is 7.28. The maximum Gasteiger partial charge on any atom is 0.224 e. The van der Waals surface area contributed by atoms with Crippen LogP contribution in [-0.2, 0) is 4.79 Å². The van der Waals surface area contributed by atoms with Crippen LogP contribution in [0.15, 0.2) is 0 Å². The molecule has 0 radical (unpaired) electrons. The molecule has 0 aliphatic carbocycles. The molecule has 0 spiro atoms. The average Bonchev–Trinajstić information content (AvgIpc) is 1.87. The summed E-state index contributed by atoms with van der Waals surface area (Å²) in [6.07, 6.45) is 0. The fraction of sp³-hybridized carbons (Fsp3) is 0.800. The first-order valence-corrected chi connectivity index (χ1v) is 3.98. The largest absolute Gasteiger partial charge is 0.347 e. The maximum absolute atomic E-state index is 10.8. The fourth-order valence-electron chi connectivity index (χ4n) is 0.335. The van der Waals surface area contributed by atoms with Gasteiger partial charge in [-0.25, -0.2) is 0 Å². The van der Waals surface area contributed by atoms with E-state index in [1.807, 2.05) is 6.92 Å². The van der Waals surface area contributed by atoms with Gasteiger partial charge in [0, 0.05) is 11.7 Å². The third-order valence-electron chi connectivity index (χ3n) is 0.975. The van der Waals surface area contributed by atoms with E-state index < -0.39 is 0 Å². The summed E-state index contributed by atoms with van der Waals surface area (Å²) < 4.78 is 0. The van der Waals surface area contributed by atoms with Gasteiger partial charge in [0.25, 0.3) is 0 Å². The minimum absolute atomic E-state index is 0.0134. The van der Waals surface area contributed by atoms with Crippen LogP contribution in [0.1, 0.15) is 6.92 Å². The zero-order valence-corrected chi connectivity index (χ0v) is 7.08. The molecular formula is C5H11NOS2. The van der Waals surface area contributed by atoms with Crippen molar-refractivity contribution in [2.45, 2.75) is 6.92 Å². The van der Waals surface area contributed by atoms with Crippen molar-refractivity contribution in [1.29, 1.82) is 0 Å². The standard InChI is InChI=1S/C5H11NOS2/c1-4(2-8)5(7)6-3-9/h4,8-9H,2-3H2,1H3,(H,6,7). The molecule has 0 heterocycles. The van der Waals surface area contributed by atoms with E-state index in [-0.39, 0.29) is 11.8 Å². The van der Waals surface area contributed by atoms with Crippen molar-refractivity contribution >= 4 is 31.2 Å². The highest BCUT2D eigenvalue weighted by Gasteiger charge is 2.07. The number of hydrogen-bond acceptors (Lipinski definition) is 3.